The summed E-state index contributed by atoms with van der Waals surface area (Å²) in [4.78, 5) is 0. The lowest BCUT2D eigenvalue weighted by molar-refractivity contribution is 0.335. The van der Waals surface area contributed by atoms with Crippen molar-refractivity contribution in [3.05, 3.63) is 0 Å². The van der Waals surface area contributed by atoms with Gasteiger partial charge < -0.3 is 0 Å². The van der Waals surface area contributed by atoms with Crippen LogP contribution < -0.4 is 0 Å². The lowest BCUT2D eigenvalue weighted by Crippen LogP contribution is -2.33. The van der Waals surface area contributed by atoms with Crippen molar-refractivity contribution >= 4 is 17.6 Å². The fourth-order valence-electron chi connectivity index (χ4n) is 6.99. The van der Waals surface area contributed by atoms with E-state index in [9.17, 15) is 0 Å². The molecular weight excluding hydrogens is 286 g/mol. The Labute approximate surface area is 143 Å². The van der Waals surface area contributed by atoms with Crippen LogP contribution in [0.1, 0.15) is 67.2 Å². The van der Waals surface area contributed by atoms with E-state index in [0.29, 0.717) is 17.0 Å². The summed E-state index contributed by atoms with van der Waals surface area (Å²) in [5, 5.41) is 0. The largest absolute Gasteiger partial charge is 0.257 e. The quantitative estimate of drug-likeness (QED) is 0.519. The van der Waals surface area contributed by atoms with Crippen LogP contribution in [0.15, 0.2) is 0 Å². The Morgan fingerprint density at radius 1 is 0.682 bits per heavy atom. The number of hydrogen-bond donors (Lipinski definition) is 0. The summed E-state index contributed by atoms with van der Waals surface area (Å²) in [6.45, 7) is 14.9. The summed E-state index contributed by atoms with van der Waals surface area (Å²) in [5.74, 6) is 7.16. The van der Waals surface area contributed by atoms with Crippen molar-refractivity contribution in [1.82, 2.24) is 0 Å². The van der Waals surface area contributed by atoms with Gasteiger partial charge in [0.25, 0.3) is 6.13 Å². The third-order valence-electron chi connectivity index (χ3n) is 9.16. The van der Waals surface area contributed by atoms with Gasteiger partial charge in [0, 0.05) is 0 Å². The molecule has 0 aromatic carbocycles. The molecule has 4 saturated carbocycles. The predicted molar refractivity (Wildman–Crippen MR) is 97.4 cm³/mol. The second-order valence-corrected chi connectivity index (χ2v) is 11.2. The highest BCUT2D eigenvalue weighted by molar-refractivity contribution is 7.08. The van der Waals surface area contributed by atoms with Gasteiger partial charge in [-0.25, -0.2) is 0 Å². The molecule has 0 bridgehead atoms. The Morgan fingerprint density at radius 2 is 1.00 bits per heavy atom. The molecule has 4 rings (SSSR count). The van der Waals surface area contributed by atoms with Gasteiger partial charge in [0.05, 0.1) is 0 Å². The van der Waals surface area contributed by atoms with Crippen LogP contribution in [0.25, 0.3) is 0 Å². The Kier molecular flexibility index (Phi) is 3.39. The Hall–Kier alpha value is 0.355. The van der Waals surface area contributed by atoms with Crippen LogP contribution in [-0.2, 0) is 0 Å². The predicted octanol–water partition coefficient (Wildman–Crippen LogP) is 6.36. The molecular formula is C20H34BCl. The number of fused-ring (bicyclic) bond motifs is 2. The summed E-state index contributed by atoms with van der Waals surface area (Å²) in [5.41, 5.74) is 1.22. The molecule has 2 heteroatoms. The molecule has 0 unspecified atom stereocenters. The van der Waals surface area contributed by atoms with Gasteiger partial charge in [-0.15, -0.1) is 0 Å². The van der Waals surface area contributed by atoms with Crippen LogP contribution in [0.3, 0.4) is 0 Å². The number of rotatable bonds is 2. The van der Waals surface area contributed by atoms with E-state index in [1.165, 1.54) is 25.7 Å². The van der Waals surface area contributed by atoms with Gasteiger partial charge in [0.15, 0.2) is 0 Å². The molecule has 0 radical (unpaired) electrons. The second kappa shape index (κ2) is 4.71. The summed E-state index contributed by atoms with van der Waals surface area (Å²) < 4.78 is 0. The molecule has 0 N–H and O–H groups in total. The van der Waals surface area contributed by atoms with Crippen molar-refractivity contribution in [1.29, 1.82) is 0 Å². The van der Waals surface area contributed by atoms with Crippen LogP contribution >= 0.6 is 11.5 Å². The third kappa shape index (κ3) is 2.09. The summed E-state index contributed by atoms with van der Waals surface area (Å²) in [6, 6.07) is 0. The molecule has 0 aromatic heterocycles. The molecule has 0 saturated heterocycles. The molecule has 0 heterocycles. The Morgan fingerprint density at radius 3 is 1.36 bits per heavy atom. The van der Waals surface area contributed by atoms with Crippen molar-refractivity contribution in [3.63, 3.8) is 0 Å². The molecule has 4 aliphatic rings. The molecule has 8 atom stereocenters. The Bertz CT molecular complexity index is 428. The topological polar surface area (TPSA) is 0 Å². The Balaban J connectivity index is 1.46. The van der Waals surface area contributed by atoms with Crippen LogP contribution in [0, 0.1) is 46.3 Å². The number of halogens is 1. The maximum atomic E-state index is 7.18. The van der Waals surface area contributed by atoms with E-state index in [1.807, 2.05) is 0 Å². The fourth-order valence-corrected chi connectivity index (χ4v) is 7.70. The lowest BCUT2D eigenvalue weighted by atomic mass is 9.43. The zero-order chi connectivity index (χ0) is 16.0. The average Bonchev–Trinajstić information content (AvgIpc) is 3.18. The zero-order valence-electron chi connectivity index (χ0n) is 15.4. The van der Waals surface area contributed by atoms with E-state index >= 15 is 0 Å². The monoisotopic (exact) mass is 320 g/mol. The van der Waals surface area contributed by atoms with Crippen molar-refractivity contribution in [2.45, 2.75) is 78.9 Å². The van der Waals surface area contributed by atoms with Crippen molar-refractivity contribution in [2.24, 2.45) is 46.3 Å². The average molecular weight is 321 g/mol. The molecule has 0 spiro atoms. The minimum Gasteiger partial charge on any atom is -0.195 e. The highest BCUT2D eigenvalue weighted by Gasteiger charge is 2.64. The summed E-state index contributed by atoms with van der Waals surface area (Å²) in [7, 11) is 0. The smallest absolute Gasteiger partial charge is 0.195 e. The van der Waals surface area contributed by atoms with Crippen LogP contribution in [-0.4, -0.2) is 6.13 Å². The van der Waals surface area contributed by atoms with Crippen LogP contribution in [0.2, 0.25) is 11.6 Å². The van der Waals surface area contributed by atoms with Gasteiger partial charge in [-0.2, -0.15) is 11.5 Å². The second-order valence-electron chi connectivity index (χ2n) is 10.7. The maximum absolute atomic E-state index is 7.18. The highest BCUT2D eigenvalue weighted by atomic mass is 35.5. The van der Waals surface area contributed by atoms with Gasteiger partial charge in [-0.1, -0.05) is 54.4 Å². The fraction of sp³-hybridized carbons (Fsp3) is 1.00. The normalized spacial score (nSPS) is 54.1. The van der Waals surface area contributed by atoms with Gasteiger partial charge in [0.2, 0.25) is 0 Å². The molecule has 124 valence electrons. The summed E-state index contributed by atoms with van der Waals surface area (Å²) >= 11 is 7.18. The van der Waals surface area contributed by atoms with Crippen molar-refractivity contribution in [3.8, 4) is 0 Å². The van der Waals surface area contributed by atoms with E-state index in [4.69, 9.17) is 11.5 Å². The SMILES string of the molecule is C[C@@H]1C[C@H]2[C@@H](C[C@H]1B(Cl)[C@@H]1C[C@@H]3[C@H](C[C@H]1C)C3(C)C)C2(C)C. The van der Waals surface area contributed by atoms with Crippen molar-refractivity contribution < 1.29 is 0 Å². The molecule has 0 amide bonds. The molecule has 0 aromatic rings. The summed E-state index contributed by atoms with van der Waals surface area (Å²) in [6.07, 6.45) is 6.12. The van der Waals surface area contributed by atoms with E-state index in [1.54, 1.807) is 0 Å². The molecule has 4 fully saturated rings. The van der Waals surface area contributed by atoms with Gasteiger partial charge in [-0.05, 0) is 70.8 Å². The van der Waals surface area contributed by atoms with E-state index < -0.39 is 0 Å². The van der Waals surface area contributed by atoms with E-state index in [2.05, 4.69) is 41.5 Å². The number of hydrogen-bond acceptors (Lipinski definition) is 0. The maximum Gasteiger partial charge on any atom is 0.257 e. The van der Waals surface area contributed by atoms with Gasteiger partial charge in [-0.3, -0.25) is 0 Å². The standard InChI is InChI=1S/C20H34BCl/c1-11-7-13-15(19(13,3)4)9-17(11)21(22)18-10-16-14(8-12(18)2)20(16,5)6/h11-18H,7-10H2,1-6H3/t11-,12-,13+,14+,15-,16-,17-,18-/m1/s1. The first kappa shape index (κ1) is 15.9. The molecule has 4 aliphatic carbocycles. The van der Waals surface area contributed by atoms with Crippen molar-refractivity contribution in [2.75, 3.05) is 0 Å². The zero-order valence-corrected chi connectivity index (χ0v) is 16.2. The van der Waals surface area contributed by atoms with Crippen LogP contribution in [0.4, 0.5) is 0 Å². The molecule has 0 nitrogen and oxygen atoms in total. The van der Waals surface area contributed by atoms with Gasteiger partial charge in [0.1, 0.15) is 0 Å². The minimum atomic E-state index is 0.430. The highest BCUT2D eigenvalue weighted by Crippen LogP contribution is 2.71. The third-order valence-corrected chi connectivity index (χ3v) is 9.81. The van der Waals surface area contributed by atoms with Crippen LogP contribution in [0.5, 0.6) is 0 Å². The van der Waals surface area contributed by atoms with Gasteiger partial charge >= 0.3 is 0 Å². The van der Waals surface area contributed by atoms with E-state index in [0.717, 1.165) is 47.1 Å². The first-order valence-electron chi connectivity index (χ1n) is 9.79. The first-order valence-corrected chi connectivity index (χ1v) is 10.2. The molecule has 22 heavy (non-hydrogen) atoms. The minimum absolute atomic E-state index is 0.430. The molecule has 0 aliphatic heterocycles. The van der Waals surface area contributed by atoms with E-state index in [-0.39, 0.29) is 0 Å². The first-order chi connectivity index (χ1) is 10.2. The lowest BCUT2D eigenvalue weighted by Gasteiger charge is -2.38.